The van der Waals surface area contributed by atoms with Gasteiger partial charge in [0.05, 0.1) is 29.9 Å². The molecular formula is C21H24N4O4S. The Morgan fingerprint density at radius 1 is 1.10 bits per heavy atom. The molecule has 1 fully saturated rings. The molecule has 9 heteroatoms. The summed E-state index contributed by atoms with van der Waals surface area (Å²) in [6.45, 7) is 0.0583. The summed E-state index contributed by atoms with van der Waals surface area (Å²) in [6.07, 6.45) is 8.86. The second-order valence-electron chi connectivity index (χ2n) is 7.34. The highest BCUT2D eigenvalue weighted by Gasteiger charge is 2.20. The van der Waals surface area contributed by atoms with Gasteiger partial charge in [-0.15, -0.1) is 0 Å². The fourth-order valence-corrected chi connectivity index (χ4v) is 4.66. The van der Waals surface area contributed by atoms with Gasteiger partial charge in [0.2, 0.25) is 10.0 Å². The molecule has 1 amide bonds. The van der Waals surface area contributed by atoms with Gasteiger partial charge in [0, 0.05) is 11.6 Å². The van der Waals surface area contributed by atoms with Crippen molar-refractivity contribution in [2.75, 3.05) is 5.32 Å². The Bertz CT molecular complexity index is 1080. The summed E-state index contributed by atoms with van der Waals surface area (Å²) in [5, 5.41) is 7.27. The largest absolute Gasteiger partial charge is 0.468 e. The van der Waals surface area contributed by atoms with E-state index in [0.29, 0.717) is 23.2 Å². The van der Waals surface area contributed by atoms with E-state index in [0.717, 1.165) is 12.8 Å². The Balaban J connectivity index is 1.41. The van der Waals surface area contributed by atoms with Gasteiger partial charge in [-0.1, -0.05) is 19.3 Å². The first-order valence-electron chi connectivity index (χ1n) is 10.00. The van der Waals surface area contributed by atoms with Crippen molar-refractivity contribution in [3.8, 4) is 0 Å². The zero-order chi connectivity index (χ0) is 21.0. The fraction of sp³-hybridized carbons (Fsp3) is 0.333. The highest BCUT2D eigenvalue weighted by atomic mass is 32.2. The third kappa shape index (κ3) is 4.63. The average molecular weight is 429 g/mol. The molecule has 0 atom stereocenters. The molecular weight excluding hydrogens is 404 g/mol. The van der Waals surface area contributed by atoms with E-state index in [1.54, 1.807) is 24.4 Å². The molecule has 1 saturated carbocycles. The van der Waals surface area contributed by atoms with Crippen LogP contribution in [0.15, 0.2) is 64.2 Å². The maximum absolute atomic E-state index is 12.7. The van der Waals surface area contributed by atoms with E-state index in [1.807, 2.05) is 4.68 Å². The lowest BCUT2D eigenvalue weighted by atomic mass is 9.96. The predicted molar refractivity (Wildman–Crippen MR) is 111 cm³/mol. The summed E-state index contributed by atoms with van der Waals surface area (Å²) in [5.41, 5.74) is 0.372. The molecule has 1 aliphatic rings. The summed E-state index contributed by atoms with van der Waals surface area (Å²) in [5.74, 6) is 0.868. The van der Waals surface area contributed by atoms with Crippen molar-refractivity contribution in [2.45, 2.75) is 49.6 Å². The van der Waals surface area contributed by atoms with Gasteiger partial charge in [0.1, 0.15) is 11.6 Å². The van der Waals surface area contributed by atoms with E-state index < -0.39 is 10.0 Å². The van der Waals surface area contributed by atoms with Gasteiger partial charge in [-0.05, 0) is 49.2 Å². The molecule has 0 radical (unpaired) electrons. The number of carbonyl (C=O) groups is 1. The Kier molecular flexibility index (Phi) is 6.01. The van der Waals surface area contributed by atoms with Crippen LogP contribution in [-0.2, 0) is 16.6 Å². The topological polar surface area (TPSA) is 106 Å². The number of carbonyl (C=O) groups excluding carboxylic acids is 1. The van der Waals surface area contributed by atoms with Crippen LogP contribution in [0.25, 0.3) is 0 Å². The number of aromatic nitrogens is 2. The van der Waals surface area contributed by atoms with Gasteiger partial charge in [-0.2, -0.15) is 5.10 Å². The number of sulfonamides is 1. The van der Waals surface area contributed by atoms with Crippen LogP contribution in [-0.4, -0.2) is 24.1 Å². The molecule has 2 heterocycles. The van der Waals surface area contributed by atoms with Crippen molar-refractivity contribution >= 4 is 21.7 Å². The number of nitrogens with zero attached hydrogens (tertiary/aromatic N) is 2. The molecule has 2 N–H and O–H groups in total. The van der Waals surface area contributed by atoms with Gasteiger partial charge in [-0.25, -0.2) is 17.8 Å². The molecule has 1 aliphatic carbocycles. The van der Waals surface area contributed by atoms with E-state index >= 15 is 0 Å². The van der Waals surface area contributed by atoms with Crippen molar-refractivity contribution < 1.29 is 17.6 Å². The standard InChI is InChI=1S/C21H24N4O4S/c26-21(24-20-12-13-22-25(20)17-5-2-1-3-6-17)16-8-10-19(11-9-16)30(27,28)23-15-18-7-4-14-29-18/h4,7-14,17,23H,1-3,5-6,15H2,(H,24,26). The molecule has 0 bridgehead atoms. The molecule has 8 nitrogen and oxygen atoms in total. The van der Waals surface area contributed by atoms with Crippen LogP contribution in [0.3, 0.4) is 0 Å². The zero-order valence-electron chi connectivity index (χ0n) is 16.5. The van der Waals surface area contributed by atoms with Crippen LogP contribution in [0.2, 0.25) is 0 Å². The monoisotopic (exact) mass is 428 g/mol. The molecule has 0 aliphatic heterocycles. The Labute approximate surface area is 175 Å². The number of hydrogen-bond donors (Lipinski definition) is 2. The van der Waals surface area contributed by atoms with E-state index in [-0.39, 0.29) is 17.3 Å². The minimum absolute atomic E-state index is 0.0583. The van der Waals surface area contributed by atoms with Gasteiger partial charge >= 0.3 is 0 Å². The number of nitrogens with one attached hydrogen (secondary N) is 2. The van der Waals surface area contributed by atoms with E-state index in [4.69, 9.17) is 4.42 Å². The van der Waals surface area contributed by atoms with Crippen LogP contribution in [0.5, 0.6) is 0 Å². The highest BCUT2D eigenvalue weighted by Crippen LogP contribution is 2.30. The lowest BCUT2D eigenvalue weighted by Gasteiger charge is -2.23. The lowest BCUT2D eigenvalue weighted by molar-refractivity contribution is 0.102. The van der Waals surface area contributed by atoms with Gasteiger partial charge < -0.3 is 9.73 Å². The van der Waals surface area contributed by atoms with E-state index in [1.165, 1.54) is 49.8 Å². The normalized spacial score (nSPS) is 15.2. The van der Waals surface area contributed by atoms with Gasteiger partial charge in [0.15, 0.2) is 0 Å². The van der Waals surface area contributed by atoms with Crippen molar-refractivity contribution in [1.29, 1.82) is 0 Å². The van der Waals surface area contributed by atoms with Crippen LogP contribution in [0, 0.1) is 0 Å². The molecule has 30 heavy (non-hydrogen) atoms. The van der Waals surface area contributed by atoms with Crippen molar-refractivity contribution in [3.63, 3.8) is 0 Å². The number of benzene rings is 1. The maximum atomic E-state index is 12.7. The Hall–Kier alpha value is -2.91. The molecule has 2 aromatic heterocycles. The molecule has 3 aromatic rings. The predicted octanol–water partition coefficient (Wildman–Crippen LogP) is 3.71. The molecule has 158 valence electrons. The Morgan fingerprint density at radius 2 is 1.87 bits per heavy atom. The summed E-state index contributed by atoms with van der Waals surface area (Å²) in [6, 6.07) is 11.3. The smallest absolute Gasteiger partial charge is 0.256 e. The van der Waals surface area contributed by atoms with Crippen molar-refractivity contribution in [3.05, 3.63) is 66.2 Å². The van der Waals surface area contributed by atoms with Gasteiger partial charge in [-0.3, -0.25) is 4.79 Å². The summed E-state index contributed by atoms with van der Waals surface area (Å²) >= 11 is 0. The second-order valence-corrected chi connectivity index (χ2v) is 9.10. The third-order valence-electron chi connectivity index (χ3n) is 5.28. The SMILES string of the molecule is O=C(Nc1ccnn1C1CCCCC1)c1ccc(S(=O)(=O)NCc2ccco2)cc1. The third-order valence-corrected chi connectivity index (χ3v) is 6.69. The molecule has 4 rings (SSSR count). The summed E-state index contributed by atoms with van der Waals surface area (Å²) in [7, 11) is -3.71. The fourth-order valence-electron chi connectivity index (χ4n) is 3.67. The molecule has 1 aromatic carbocycles. The lowest BCUT2D eigenvalue weighted by Crippen LogP contribution is -2.23. The summed E-state index contributed by atoms with van der Waals surface area (Å²) in [4.78, 5) is 12.7. The van der Waals surface area contributed by atoms with E-state index in [9.17, 15) is 13.2 Å². The summed E-state index contributed by atoms with van der Waals surface area (Å²) < 4.78 is 34.3. The number of furan rings is 1. The second kappa shape index (κ2) is 8.85. The van der Waals surface area contributed by atoms with Crippen LogP contribution >= 0.6 is 0 Å². The van der Waals surface area contributed by atoms with E-state index in [2.05, 4.69) is 15.1 Å². The first-order valence-corrected chi connectivity index (χ1v) is 11.5. The molecule has 0 unspecified atom stereocenters. The molecule has 0 saturated heterocycles. The number of anilines is 1. The maximum Gasteiger partial charge on any atom is 0.256 e. The van der Waals surface area contributed by atoms with Crippen LogP contribution in [0.4, 0.5) is 5.82 Å². The van der Waals surface area contributed by atoms with Crippen LogP contribution in [0.1, 0.15) is 54.3 Å². The first-order chi connectivity index (χ1) is 14.5. The van der Waals surface area contributed by atoms with Crippen molar-refractivity contribution in [1.82, 2.24) is 14.5 Å². The highest BCUT2D eigenvalue weighted by molar-refractivity contribution is 7.89. The number of rotatable bonds is 7. The minimum Gasteiger partial charge on any atom is -0.468 e. The Morgan fingerprint density at radius 3 is 2.57 bits per heavy atom. The van der Waals surface area contributed by atoms with Gasteiger partial charge in [0.25, 0.3) is 5.91 Å². The quantitative estimate of drug-likeness (QED) is 0.597. The minimum atomic E-state index is -3.71. The number of amides is 1. The zero-order valence-corrected chi connectivity index (χ0v) is 17.3. The number of hydrogen-bond acceptors (Lipinski definition) is 5. The first kappa shape index (κ1) is 20.4. The molecule has 0 spiro atoms. The van der Waals surface area contributed by atoms with Crippen molar-refractivity contribution in [2.24, 2.45) is 0 Å². The van der Waals surface area contributed by atoms with Crippen LogP contribution < -0.4 is 10.0 Å². The average Bonchev–Trinajstić information content (AvgIpc) is 3.45.